The van der Waals surface area contributed by atoms with E-state index in [1.54, 1.807) is 27.6 Å². The molecule has 0 N–H and O–H groups in total. The molecule has 2 aromatic heterocycles. The Morgan fingerprint density at radius 3 is 2.87 bits per heavy atom. The normalized spacial score (nSPS) is 13.5. The molecule has 8 heteroatoms. The van der Waals surface area contributed by atoms with Crippen molar-refractivity contribution < 1.29 is 19.0 Å². The highest BCUT2D eigenvalue weighted by molar-refractivity contribution is 7.15. The first-order valence-electron chi connectivity index (χ1n) is 10.2. The minimum atomic E-state index is -0.0422. The van der Waals surface area contributed by atoms with Crippen LogP contribution in [0.5, 0.6) is 11.5 Å². The third kappa shape index (κ3) is 5.08. The summed E-state index contributed by atoms with van der Waals surface area (Å²) >= 11 is 3.39. The van der Waals surface area contributed by atoms with Crippen molar-refractivity contribution in [3.63, 3.8) is 0 Å². The van der Waals surface area contributed by atoms with E-state index in [-0.39, 0.29) is 12.5 Å². The molecule has 4 rings (SSSR count). The second kappa shape index (κ2) is 9.80. The van der Waals surface area contributed by atoms with Gasteiger partial charge < -0.3 is 19.1 Å². The summed E-state index contributed by atoms with van der Waals surface area (Å²) in [5.41, 5.74) is 4.95. The summed E-state index contributed by atoms with van der Waals surface area (Å²) in [6.45, 7) is 6.13. The average molecular weight is 459 g/mol. The van der Waals surface area contributed by atoms with Crippen LogP contribution in [0.2, 0.25) is 0 Å². The van der Waals surface area contributed by atoms with E-state index in [2.05, 4.69) is 36.2 Å². The molecule has 0 unspecified atom stereocenters. The zero-order valence-electron chi connectivity index (χ0n) is 18.0. The van der Waals surface area contributed by atoms with Gasteiger partial charge in [-0.2, -0.15) is 0 Å². The summed E-state index contributed by atoms with van der Waals surface area (Å²) in [6.07, 6.45) is 0.798. The number of aryl methyl sites for hydroxylation is 2. The second-order valence-corrected chi connectivity index (χ2v) is 9.66. The molecule has 0 radical (unpaired) electrons. The van der Waals surface area contributed by atoms with Gasteiger partial charge in [0.15, 0.2) is 11.5 Å². The Balaban J connectivity index is 1.63. The number of thiophene rings is 1. The molecule has 0 aliphatic carbocycles. The van der Waals surface area contributed by atoms with E-state index in [0.717, 1.165) is 34.7 Å². The lowest BCUT2D eigenvalue weighted by Gasteiger charge is -2.20. The largest absolute Gasteiger partial charge is 0.489 e. The number of ether oxygens (including phenoxy) is 3. The third-order valence-electron chi connectivity index (χ3n) is 5.18. The average Bonchev–Trinajstić information content (AvgIpc) is 3.29. The molecule has 0 bridgehead atoms. The van der Waals surface area contributed by atoms with Gasteiger partial charge in [-0.05, 0) is 43.7 Å². The molecular formula is C23H26N2O4S2. The maximum absolute atomic E-state index is 12.5. The number of amides is 1. The van der Waals surface area contributed by atoms with Gasteiger partial charge in [0.2, 0.25) is 5.91 Å². The van der Waals surface area contributed by atoms with Gasteiger partial charge in [0.1, 0.15) is 13.2 Å². The van der Waals surface area contributed by atoms with Crippen molar-refractivity contribution >= 4 is 28.6 Å². The van der Waals surface area contributed by atoms with Gasteiger partial charge in [0, 0.05) is 40.3 Å². The Bertz CT molecular complexity index is 1060. The molecule has 6 nitrogen and oxygen atoms in total. The second-order valence-electron chi connectivity index (χ2n) is 7.43. The van der Waals surface area contributed by atoms with Gasteiger partial charge in [-0.1, -0.05) is 0 Å². The molecule has 164 valence electrons. The number of aromatic nitrogens is 1. The molecule has 0 atom stereocenters. The van der Waals surface area contributed by atoms with E-state index in [9.17, 15) is 4.79 Å². The van der Waals surface area contributed by atoms with Crippen LogP contribution in [0.25, 0.3) is 10.4 Å². The van der Waals surface area contributed by atoms with Crippen molar-refractivity contribution in [2.45, 2.75) is 26.8 Å². The minimum Gasteiger partial charge on any atom is -0.489 e. The molecular weight excluding hydrogens is 432 g/mol. The molecule has 0 fully saturated rings. The highest BCUT2D eigenvalue weighted by Crippen LogP contribution is 2.40. The first kappa shape index (κ1) is 21.8. The van der Waals surface area contributed by atoms with Crippen LogP contribution >= 0.6 is 22.7 Å². The van der Waals surface area contributed by atoms with Crippen molar-refractivity contribution in [3.05, 3.63) is 50.8 Å². The summed E-state index contributed by atoms with van der Waals surface area (Å²) in [5.74, 6) is 1.41. The number of fused-ring (bicyclic) bond motifs is 1. The van der Waals surface area contributed by atoms with Crippen LogP contribution in [0.3, 0.4) is 0 Å². The molecule has 1 aliphatic rings. The number of hydrogen-bond donors (Lipinski definition) is 0. The standard InChI is InChI=1S/C23H26N2O4S2/c1-15-4-5-21(31-15)17-10-18-12-25(22(26)13-27-3)7-9-29-23(18)19(11-17)28-8-6-20-16(2)24-14-30-20/h4-5,10-11,14H,6-9,12-13H2,1-3H3. The van der Waals surface area contributed by atoms with Crippen LogP contribution in [0.15, 0.2) is 29.8 Å². The van der Waals surface area contributed by atoms with Crippen LogP contribution in [0, 0.1) is 13.8 Å². The number of nitrogens with zero attached hydrogens (tertiary/aromatic N) is 2. The fraction of sp³-hybridized carbons (Fsp3) is 0.391. The molecule has 0 saturated carbocycles. The van der Waals surface area contributed by atoms with Crippen molar-refractivity contribution in [2.75, 3.05) is 33.5 Å². The van der Waals surface area contributed by atoms with Crippen LogP contribution in [-0.4, -0.2) is 49.3 Å². The Morgan fingerprint density at radius 1 is 1.29 bits per heavy atom. The maximum Gasteiger partial charge on any atom is 0.248 e. The molecule has 1 amide bonds. The topological polar surface area (TPSA) is 60.9 Å². The van der Waals surface area contributed by atoms with Crippen LogP contribution < -0.4 is 9.47 Å². The van der Waals surface area contributed by atoms with E-state index in [1.165, 1.54) is 21.7 Å². The van der Waals surface area contributed by atoms with E-state index >= 15 is 0 Å². The van der Waals surface area contributed by atoms with Gasteiger partial charge >= 0.3 is 0 Å². The lowest BCUT2D eigenvalue weighted by atomic mass is 10.1. The SMILES string of the molecule is COCC(=O)N1CCOc2c(cc(-c3ccc(C)s3)cc2OCCc2scnc2C)C1. The van der Waals surface area contributed by atoms with Gasteiger partial charge in [-0.25, -0.2) is 4.98 Å². The van der Waals surface area contributed by atoms with Crippen molar-refractivity contribution in [1.82, 2.24) is 9.88 Å². The predicted octanol–water partition coefficient (Wildman–Crippen LogP) is 4.48. The Labute approximate surface area is 190 Å². The quantitative estimate of drug-likeness (QED) is 0.523. The summed E-state index contributed by atoms with van der Waals surface area (Å²) in [4.78, 5) is 22.2. The summed E-state index contributed by atoms with van der Waals surface area (Å²) in [7, 11) is 1.54. The highest BCUT2D eigenvalue weighted by atomic mass is 32.1. The Hall–Kier alpha value is -2.42. The van der Waals surface area contributed by atoms with E-state index in [0.29, 0.717) is 26.3 Å². The van der Waals surface area contributed by atoms with Gasteiger partial charge in [0.25, 0.3) is 0 Å². The molecule has 3 heterocycles. The molecule has 0 saturated heterocycles. The third-order valence-corrected chi connectivity index (χ3v) is 7.22. The number of rotatable bonds is 7. The molecule has 3 aromatic rings. The zero-order chi connectivity index (χ0) is 21.8. The highest BCUT2D eigenvalue weighted by Gasteiger charge is 2.24. The number of carbonyl (C=O) groups excluding carboxylic acids is 1. The number of hydrogen-bond acceptors (Lipinski definition) is 7. The van der Waals surface area contributed by atoms with Gasteiger partial charge in [-0.3, -0.25) is 4.79 Å². The molecule has 1 aliphatic heterocycles. The molecule has 0 spiro atoms. The fourth-order valence-corrected chi connectivity index (χ4v) is 5.19. The predicted molar refractivity (Wildman–Crippen MR) is 123 cm³/mol. The van der Waals surface area contributed by atoms with E-state index in [1.807, 2.05) is 12.4 Å². The Morgan fingerprint density at radius 2 is 2.16 bits per heavy atom. The van der Waals surface area contributed by atoms with E-state index in [4.69, 9.17) is 14.2 Å². The van der Waals surface area contributed by atoms with Gasteiger partial charge in [-0.15, -0.1) is 22.7 Å². The van der Waals surface area contributed by atoms with E-state index < -0.39 is 0 Å². The number of thiazole rings is 1. The monoisotopic (exact) mass is 458 g/mol. The zero-order valence-corrected chi connectivity index (χ0v) is 19.6. The van der Waals surface area contributed by atoms with Crippen molar-refractivity contribution in [3.8, 4) is 21.9 Å². The van der Waals surface area contributed by atoms with Gasteiger partial charge in [0.05, 0.1) is 24.4 Å². The number of carbonyl (C=O) groups is 1. The first-order chi connectivity index (χ1) is 15.0. The lowest BCUT2D eigenvalue weighted by molar-refractivity contribution is -0.135. The minimum absolute atomic E-state index is 0.0422. The maximum atomic E-state index is 12.5. The first-order valence-corrected chi connectivity index (χ1v) is 11.9. The van der Waals surface area contributed by atoms with Crippen LogP contribution in [0.1, 0.15) is 21.0 Å². The Kier molecular flexibility index (Phi) is 6.89. The number of benzene rings is 1. The van der Waals surface area contributed by atoms with Crippen LogP contribution in [-0.2, 0) is 22.5 Å². The number of methoxy groups -OCH3 is 1. The summed E-state index contributed by atoms with van der Waals surface area (Å²) in [6, 6.07) is 8.40. The van der Waals surface area contributed by atoms with Crippen molar-refractivity contribution in [2.24, 2.45) is 0 Å². The fourth-order valence-electron chi connectivity index (χ4n) is 3.57. The molecule has 31 heavy (non-hydrogen) atoms. The summed E-state index contributed by atoms with van der Waals surface area (Å²) < 4.78 is 17.4. The lowest BCUT2D eigenvalue weighted by Crippen LogP contribution is -2.34. The molecule has 1 aromatic carbocycles. The summed E-state index contributed by atoms with van der Waals surface area (Å²) in [5, 5.41) is 0. The van der Waals surface area contributed by atoms with Crippen molar-refractivity contribution in [1.29, 1.82) is 0 Å². The smallest absolute Gasteiger partial charge is 0.248 e. The van der Waals surface area contributed by atoms with Crippen LogP contribution in [0.4, 0.5) is 0 Å².